The van der Waals surface area contributed by atoms with Crippen LogP contribution in [0.1, 0.15) is 12.5 Å². The molecule has 6 nitrogen and oxygen atoms in total. The molecule has 0 aliphatic carbocycles. The Labute approximate surface area is 112 Å². The van der Waals surface area contributed by atoms with Crippen molar-refractivity contribution in [1.82, 2.24) is 10.2 Å². The van der Waals surface area contributed by atoms with E-state index >= 15 is 0 Å². The third-order valence-electron chi connectivity index (χ3n) is 3.47. The third-order valence-corrected chi connectivity index (χ3v) is 3.47. The lowest BCUT2D eigenvalue weighted by molar-refractivity contribution is -0.385. The monoisotopic (exact) mass is 265 g/mol. The fourth-order valence-electron chi connectivity index (χ4n) is 2.22. The summed E-state index contributed by atoms with van der Waals surface area (Å²) in [6, 6.07) is 5.46. The number of nitrogens with one attached hydrogen (secondary N) is 1. The second-order valence-corrected chi connectivity index (χ2v) is 4.67. The zero-order valence-electron chi connectivity index (χ0n) is 11.3. The van der Waals surface area contributed by atoms with E-state index in [1.807, 2.05) is 6.07 Å². The average Bonchev–Trinajstić information content (AvgIpc) is 2.35. The number of non-ortho nitro benzene ring substituents is 1. The molecule has 1 saturated heterocycles. The van der Waals surface area contributed by atoms with E-state index in [0.29, 0.717) is 18.3 Å². The van der Waals surface area contributed by atoms with Gasteiger partial charge in [0.05, 0.1) is 18.1 Å². The summed E-state index contributed by atoms with van der Waals surface area (Å²) in [6.07, 6.45) is 0. The largest absolute Gasteiger partial charge is 0.496 e. The van der Waals surface area contributed by atoms with Crippen molar-refractivity contribution in [3.05, 3.63) is 33.9 Å². The van der Waals surface area contributed by atoms with Gasteiger partial charge in [-0.1, -0.05) is 6.92 Å². The van der Waals surface area contributed by atoms with Crippen molar-refractivity contribution in [1.29, 1.82) is 0 Å². The van der Waals surface area contributed by atoms with E-state index in [-0.39, 0.29) is 10.6 Å². The highest BCUT2D eigenvalue weighted by Gasteiger charge is 2.23. The van der Waals surface area contributed by atoms with Crippen LogP contribution in [0.5, 0.6) is 5.75 Å². The molecule has 19 heavy (non-hydrogen) atoms. The predicted molar refractivity (Wildman–Crippen MR) is 72.4 cm³/mol. The van der Waals surface area contributed by atoms with Gasteiger partial charge in [0.15, 0.2) is 0 Å². The van der Waals surface area contributed by atoms with E-state index in [0.717, 1.165) is 25.2 Å². The first-order valence-electron chi connectivity index (χ1n) is 6.41. The van der Waals surface area contributed by atoms with Crippen LogP contribution in [0.15, 0.2) is 18.2 Å². The molecule has 0 bridgehead atoms. The molecule has 1 N–H and O–H groups in total. The Morgan fingerprint density at radius 1 is 1.47 bits per heavy atom. The zero-order chi connectivity index (χ0) is 13.8. The quantitative estimate of drug-likeness (QED) is 0.622. The van der Waals surface area contributed by atoms with Gasteiger partial charge in [-0.3, -0.25) is 15.0 Å². The predicted octanol–water partition coefficient (Wildman–Crippen LogP) is 1.40. The molecule has 1 fully saturated rings. The highest BCUT2D eigenvalue weighted by molar-refractivity contribution is 5.42. The van der Waals surface area contributed by atoms with Crippen LogP contribution < -0.4 is 10.1 Å². The highest BCUT2D eigenvalue weighted by Crippen LogP contribution is 2.24. The minimum absolute atomic E-state index is 0.0807. The van der Waals surface area contributed by atoms with Crippen molar-refractivity contribution in [2.45, 2.75) is 19.5 Å². The lowest BCUT2D eigenvalue weighted by atomic mass is 10.1. The summed E-state index contributed by atoms with van der Waals surface area (Å²) >= 11 is 0. The van der Waals surface area contributed by atoms with Crippen LogP contribution in [-0.4, -0.2) is 42.6 Å². The average molecular weight is 265 g/mol. The number of benzene rings is 1. The van der Waals surface area contributed by atoms with Crippen molar-refractivity contribution >= 4 is 5.69 Å². The Hall–Kier alpha value is -1.66. The van der Waals surface area contributed by atoms with Crippen LogP contribution in [0.3, 0.4) is 0 Å². The molecule has 0 aromatic heterocycles. The molecule has 6 heteroatoms. The van der Waals surface area contributed by atoms with Gasteiger partial charge < -0.3 is 10.1 Å². The molecule has 0 saturated carbocycles. The fraction of sp³-hybridized carbons (Fsp3) is 0.538. The molecule has 1 aromatic carbocycles. The first-order chi connectivity index (χ1) is 9.13. The molecule has 2 rings (SSSR count). The summed E-state index contributed by atoms with van der Waals surface area (Å²) in [7, 11) is 1.52. The van der Waals surface area contributed by atoms with Gasteiger partial charge in [0.25, 0.3) is 5.69 Å². The van der Waals surface area contributed by atoms with Gasteiger partial charge in [0.2, 0.25) is 0 Å². The number of likely N-dealkylation sites (N-methyl/N-ethyl adjacent to an activating group) is 1. The SMILES string of the molecule is CCN(Cc1cc(OC)cc([N+](=O)[O-])c1)C1CNC1. The van der Waals surface area contributed by atoms with Crippen LogP contribution in [0, 0.1) is 10.1 Å². The van der Waals surface area contributed by atoms with Gasteiger partial charge in [0.1, 0.15) is 5.75 Å². The van der Waals surface area contributed by atoms with Crippen LogP contribution in [0.2, 0.25) is 0 Å². The molecular weight excluding hydrogens is 246 g/mol. The lowest BCUT2D eigenvalue weighted by Crippen LogP contribution is -2.56. The Kier molecular flexibility index (Phi) is 4.34. The summed E-state index contributed by atoms with van der Waals surface area (Å²) in [6.45, 7) is 5.71. The van der Waals surface area contributed by atoms with E-state index in [4.69, 9.17) is 4.74 Å². The Morgan fingerprint density at radius 2 is 2.21 bits per heavy atom. The normalized spacial score (nSPS) is 15.3. The number of nitrogens with zero attached hydrogens (tertiary/aromatic N) is 2. The molecule has 1 aliphatic rings. The molecule has 0 unspecified atom stereocenters. The number of rotatable bonds is 6. The van der Waals surface area contributed by atoms with Gasteiger partial charge in [-0.2, -0.15) is 0 Å². The first kappa shape index (κ1) is 13.8. The number of hydrogen-bond acceptors (Lipinski definition) is 5. The van der Waals surface area contributed by atoms with Crippen molar-refractivity contribution in [3.8, 4) is 5.75 Å². The maximum Gasteiger partial charge on any atom is 0.273 e. The smallest absolute Gasteiger partial charge is 0.273 e. The van der Waals surface area contributed by atoms with Gasteiger partial charge >= 0.3 is 0 Å². The lowest BCUT2D eigenvalue weighted by Gasteiger charge is -2.37. The number of nitro groups is 1. The van der Waals surface area contributed by atoms with E-state index in [1.54, 1.807) is 6.07 Å². The molecule has 1 aliphatic heterocycles. The zero-order valence-corrected chi connectivity index (χ0v) is 11.3. The molecule has 1 heterocycles. The van der Waals surface area contributed by atoms with E-state index < -0.39 is 0 Å². The summed E-state index contributed by atoms with van der Waals surface area (Å²) in [5.41, 5.74) is 0.997. The first-order valence-corrected chi connectivity index (χ1v) is 6.41. The number of methoxy groups -OCH3 is 1. The molecule has 0 atom stereocenters. The van der Waals surface area contributed by atoms with Crippen molar-refractivity contribution < 1.29 is 9.66 Å². The number of ether oxygens (including phenoxy) is 1. The van der Waals surface area contributed by atoms with Crippen LogP contribution in [0.4, 0.5) is 5.69 Å². The molecule has 104 valence electrons. The van der Waals surface area contributed by atoms with Crippen LogP contribution in [-0.2, 0) is 6.54 Å². The molecule has 1 aromatic rings. The maximum absolute atomic E-state index is 10.9. The minimum Gasteiger partial charge on any atom is -0.496 e. The highest BCUT2D eigenvalue weighted by atomic mass is 16.6. The van der Waals surface area contributed by atoms with Gasteiger partial charge in [0, 0.05) is 31.7 Å². The number of hydrogen-bond donors (Lipinski definition) is 1. The molecular formula is C13H19N3O3. The second kappa shape index (κ2) is 5.99. The topological polar surface area (TPSA) is 67.6 Å². The van der Waals surface area contributed by atoms with Gasteiger partial charge in [-0.25, -0.2) is 0 Å². The standard InChI is InChI=1S/C13H19N3O3/c1-3-15(12-7-14-8-12)9-10-4-11(16(17)18)6-13(5-10)19-2/h4-6,12,14H,3,7-9H2,1-2H3. The van der Waals surface area contributed by atoms with Crippen molar-refractivity contribution in [2.75, 3.05) is 26.7 Å². The Bertz CT molecular complexity index is 460. The third kappa shape index (κ3) is 3.21. The summed E-state index contributed by atoms with van der Waals surface area (Å²) in [5.74, 6) is 0.534. The molecule has 0 amide bonds. The van der Waals surface area contributed by atoms with Crippen molar-refractivity contribution in [2.24, 2.45) is 0 Å². The Morgan fingerprint density at radius 3 is 2.68 bits per heavy atom. The van der Waals surface area contributed by atoms with Crippen molar-refractivity contribution in [3.63, 3.8) is 0 Å². The Balaban J connectivity index is 2.17. The second-order valence-electron chi connectivity index (χ2n) is 4.67. The maximum atomic E-state index is 10.9. The summed E-state index contributed by atoms with van der Waals surface area (Å²) < 4.78 is 5.13. The van der Waals surface area contributed by atoms with E-state index in [9.17, 15) is 10.1 Å². The summed E-state index contributed by atoms with van der Waals surface area (Å²) in [5, 5.41) is 14.1. The molecule has 0 spiro atoms. The summed E-state index contributed by atoms with van der Waals surface area (Å²) in [4.78, 5) is 12.8. The van der Waals surface area contributed by atoms with Gasteiger partial charge in [-0.05, 0) is 18.2 Å². The minimum atomic E-state index is -0.382. The fourth-order valence-corrected chi connectivity index (χ4v) is 2.22. The number of nitro benzene ring substituents is 1. The van der Waals surface area contributed by atoms with Gasteiger partial charge in [-0.15, -0.1) is 0 Å². The van der Waals surface area contributed by atoms with E-state index in [2.05, 4.69) is 17.1 Å². The van der Waals surface area contributed by atoms with Crippen LogP contribution in [0.25, 0.3) is 0 Å². The van der Waals surface area contributed by atoms with E-state index in [1.165, 1.54) is 13.2 Å². The molecule has 0 radical (unpaired) electrons. The van der Waals surface area contributed by atoms with Crippen LogP contribution >= 0.6 is 0 Å².